The molecule has 0 aliphatic rings. The lowest BCUT2D eigenvalue weighted by atomic mass is 10.1. The standard InChI is InChI=1S/C16H16BrClN2S/c1-3-11-8-12(17)5-7-14(11)19-16(21)20-15-9-13(18)6-4-10(15)2/h4-9H,3H2,1-2H3,(H2,19,20,21). The molecule has 0 saturated heterocycles. The lowest BCUT2D eigenvalue weighted by molar-refractivity contribution is 1.14. The second-order valence-electron chi connectivity index (χ2n) is 4.69. The molecule has 110 valence electrons. The normalized spacial score (nSPS) is 10.3. The highest BCUT2D eigenvalue weighted by atomic mass is 79.9. The van der Waals surface area contributed by atoms with E-state index >= 15 is 0 Å². The van der Waals surface area contributed by atoms with Crippen molar-refractivity contribution in [1.29, 1.82) is 0 Å². The molecule has 2 nitrogen and oxygen atoms in total. The van der Waals surface area contributed by atoms with Crippen molar-refractivity contribution in [3.63, 3.8) is 0 Å². The van der Waals surface area contributed by atoms with Crippen molar-refractivity contribution >= 4 is 56.2 Å². The van der Waals surface area contributed by atoms with Crippen LogP contribution in [0.25, 0.3) is 0 Å². The van der Waals surface area contributed by atoms with Gasteiger partial charge in [-0.3, -0.25) is 0 Å². The SMILES string of the molecule is CCc1cc(Br)ccc1NC(=S)Nc1cc(Cl)ccc1C. The third-order valence-corrected chi connectivity index (χ3v) is 4.08. The summed E-state index contributed by atoms with van der Waals surface area (Å²) < 4.78 is 1.06. The predicted molar refractivity (Wildman–Crippen MR) is 99.6 cm³/mol. The fourth-order valence-corrected chi connectivity index (χ4v) is 2.78. The molecule has 0 heterocycles. The average molecular weight is 384 g/mol. The number of nitrogens with one attached hydrogen (secondary N) is 2. The summed E-state index contributed by atoms with van der Waals surface area (Å²) in [5, 5.41) is 7.67. The molecule has 2 aromatic rings. The van der Waals surface area contributed by atoms with Crippen molar-refractivity contribution in [2.24, 2.45) is 0 Å². The third kappa shape index (κ3) is 4.43. The van der Waals surface area contributed by atoms with E-state index < -0.39 is 0 Å². The Labute approximate surface area is 144 Å². The maximum absolute atomic E-state index is 6.02. The van der Waals surface area contributed by atoms with Crippen LogP contribution in [0.1, 0.15) is 18.1 Å². The van der Waals surface area contributed by atoms with Crippen molar-refractivity contribution in [2.45, 2.75) is 20.3 Å². The molecule has 5 heteroatoms. The molecule has 0 unspecified atom stereocenters. The summed E-state index contributed by atoms with van der Waals surface area (Å²) in [4.78, 5) is 0. The molecular weight excluding hydrogens is 368 g/mol. The topological polar surface area (TPSA) is 24.1 Å². The highest BCUT2D eigenvalue weighted by Crippen LogP contribution is 2.23. The zero-order valence-electron chi connectivity index (χ0n) is 11.8. The first-order valence-corrected chi connectivity index (χ1v) is 8.20. The number of hydrogen-bond acceptors (Lipinski definition) is 1. The zero-order valence-corrected chi connectivity index (χ0v) is 15.0. The lowest BCUT2D eigenvalue weighted by Crippen LogP contribution is -2.20. The fourth-order valence-electron chi connectivity index (χ4n) is 1.98. The van der Waals surface area contributed by atoms with Crippen LogP contribution >= 0.6 is 39.7 Å². The molecular formula is C16H16BrClN2S. The minimum Gasteiger partial charge on any atom is -0.332 e. The van der Waals surface area contributed by atoms with E-state index in [2.05, 4.69) is 39.6 Å². The van der Waals surface area contributed by atoms with E-state index in [9.17, 15) is 0 Å². The number of halogens is 2. The van der Waals surface area contributed by atoms with Crippen LogP contribution in [0.4, 0.5) is 11.4 Å². The Hall–Kier alpha value is -1.10. The zero-order chi connectivity index (χ0) is 15.4. The Morgan fingerprint density at radius 1 is 1.14 bits per heavy atom. The molecule has 21 heavy (non-hydrogen) atoms. The van der Waals surface area contributed by atoms with Gasteiger partial charge in [-0.25, -0.2) is 0 Å². The summed E-state index contributed by atoms with van der Waals surface area (Å²) in [7, 11) is 0. The number of hydrogen-bond donors (Lipinski definition) is 2. The van der Waals surface area contributed by atoms with Crippen LogP contribution in [0.2, 0.25) is 5.02 Å². The van der Waals surface area contributed by atoms with Crippen LogP contribution in [0.3, 0.4) is 0 Å². The van der Waals surface area contributed by atoms with Gasteiger partial charge in [-0.05, 0) is 67.0 Å². The summed E-state index contributed by atoms with van der Waals surface area (Å²) >= 11 is 14.9. The van der Waals surface area contributed by atoms with Crippen LogP contribution in [0, 0.1) is 6.92 Å². The largest absolute Gasteiger partial charge is 0.332 e. The Kier molecular flexibility index (Phi) is 5.62. The van der Waals surface area contributed by atoms with Gasteiger partial charge in [0.15, 0.2) is 5.11 Å². The van der Waals surface area contributed by atoms with Crippen molar-refractivity contribution in [2.75, 3.05) is 10.6 Å². The van der Waals surface area contributed by atoms with Gasteiger partial charge in [-0.2, -0.15) is 0 Å². The summed E-state index contributed by atoms with van der Waals surface area (Å²) in [6.45, 7) is 4.13. The molecule has 0 atom stereocenters. The summed E-state index contributed by atoms with van der Waals surface area (Å²) in [6.07, 6.45) is 0.931. The lowest BCUT2D eigenvalue weighted by Gasteiger charge is -2.15. The van der Waals surface area contributed by atoms with E-state index in [4.69, 9.17) is 23.8 Å². The van der Waals surface area contributed by atoms with Crippen LogP contribution in [-0.4, -0.2) is 5.11 Å². The van der Waals surface area contributed by atoms with Crippen molar-refractivity contribution < 1.29 is 0 Å². The Morgan fingerprint density at radius 3 is 2.57 bits per heavy atom. The average Bonchev–Trinajstić information content (AvgIpc) is 2.44. The fraction of sp³-hybridized carbons (Fsp3) is 0.188. The first-order chi connectivity index (χ1) is 9.99. The van der Waals surface area contributed by atoms with Gasteiger partial charge in [0.05, 0.1) is 0 Å². The van der Waals surface area contributed by atoms with Crippen LogP contribution in [-0.2, 0) is 6.42 Å². The van der Waals surface area contributed by atoms with Crippen LogP contribution < -0.4 is 10.6 Å². The monoisotopic (exact) mass is 382 g/mol. The molecule has 0 bridgehead atoms. The second-order valence-corrected chi connectivity index (χ2v) is 6.45. The van der Waals surface area contributed by atoms with E-state index in [1.54, 1.807) is 0 Å². The van der Waals surface area contributed by atoms with Gasteiger partial charge in [0.25, 0.3) is 0 Å². The van der Waals surface area contributed by atoms with Crippen molar-refractivity contribution in [1.82, 2.24) is 0 Å². The van der Waals surface area contributed by atoms with Crippen LogP contribution in [0.15, 0.2) is 40.9 Å². The van der Waals surface area contributed by atoms with Gasteiger partial charge in [0, 0.05) is 20.9 Å². The van der Waals surface area contributed by atoms with Gasteiger partial charge in [-0.15, -0.1) is 0 Å². The Morgan fingerprint density at radius 2 is 1.86 bits per heavy atom. The Bertz CT molecular complexity index is 673. The maximum atomic E-state index is 6.02. The molecule has 0 saturated carbocycles. The molecule has 0 fully saturated rings. The first-order valence-electron chi connectivity index (χ1n) is 6.62. The molecule has 0 spiro atoms. The predicted octanol–water partition coefficient (Wildman–Crippen LogP) is 5.78. The van der Waals surface area contributed by atoms with Gasteiger partial charge in [0.2, 0.25) is 0 Å². The van der Waals surface area contributed by atoms with Gasteiger partial charge in [0.1, 0.15) is 0 Å². The molecule has 0 aliphatic carbocycles. The summed E-state index contributed by atoms with van der Waals surface area (Å²) in [5.74, 6) is 0. The van der Waals surface area contributed by atoms with E-state index in [1.165, 1.54) is 5.56 Å². The molecule has 2 aromatic carbocycles. The highest BCUT2D eigenvalue weighted by Gasteiger charge is 2.06. The first kappa shape index (κ1) is 16.3. The molecule has 0 aliphatic heterocycles. The number of thiocarbonyl (C=S) groups is 1. The minimum absolute atomic E-state index is 0.553. The van der Waals surface area contributed by atoms with Gasteiger partial charge >= 0.3 is 0 Å². The molecule has 2 rings (SSSR count). The smallest absolute Gasteiger partial charge is 0.175 e. The second kappa shape index (κ2) is 7.25. The number of aryl methyl sites for hydroxylation is 2. The van der Waals surface area contributed by atoms with Gasteiger partial charge in [-0.1, -0.05) is 40.5 Å². The molecule has 0 radical (unpaired) electrons. The summed E-state index contributed by atoms with van der Waals surface area (Å²) in [5.41, 5.74) is 4.22. The van der Waals surface area contributed by atoms with E-state index in [0.29, 0.717) is 10.1 Å². The molecule has 0 amide bonds. The number of benzene rings is 2. The number of anilines is 2. The van der Waals surface area contributed by atoms with E-state index in [1.807, 2.05) is 37.3 Å². The van der Waals surface area contributed by atoms with Gasteiger partial charge < -0.3 is 10.6 Å². The Balaban J connectivity index is 2.13. The maximum Gasteiger partial charge on any atom is 0.175 e. The highest BCUT2D eigenvalue weighted by molar-refractivity contribution is 9.10. The van der Waals surface area contributed by atoms with Crippen LogP contribution in [0.5, 0.6) is 0 Å². The van der Waals surface area contributed by atoms with Crippen molar-refractivity contribution in [3.05, 3.63) is 57.0 Å². The minimum atomic E-state index is 0.553. The molecule has 2 N–H and O–H groups in total. The van der Waals surface area contributed by atoms with E-state index in [-0.39, 0.29) is 0 Å². The number of rotatable bonds is 3. The third-order valence-electron chi connectivity index (χ3n) is 3.14. The van der Waals surface area contributed by atoms with E-state index in [0.717, 1.165) is 27.8 Å². The molecule has 0 aromatic heterocycles. The summed E-state index contributed by atoms with van der Waals surface area (Å²) in [6, 6.07) is 11.8. The quantitative estimate of drug-likeness (QED) is 0.657. The van der Waals surface area contributed by atoms with Crippen molar-refractivity contribution in [3.8, 4) is 0 Å².